The number of thioether (sulfide) groups is 1. The molecule has 0 aliphatic heterocycles. The summed E-state index contributed by atoms with van der Waals surface area (Å²) in [6.07, 6.45) is 6.67. The fraction of sp³-hybridized carbons (Fsp3) is 0.300. The minimum atomic E-state index is -0.145. The summed E-state index contributed by atoms with van der Waals surface area (Å²) >= 11 is 1.61. The van der Waals surface area contributed by atoms with Gasteiger partial charge < -0.3 is 16.0 Å². The molecule has 0 aliphatic carbocycles. The first-order chi connectivity index (χ1) is 7.24. The molecule has 4 nitrogen and oxygen atoms in total. The molecular weight excluding hydrogens is 210 g/mol. The molecule has 1 amide bonds. The van der Waals surface area contributed by atoms with Crippen LogP contribution in [0.3, 0.4) is 0 Å². The molecule has 0 aliphatic rings. The molecule has 15 heavy (non-hydrogen) atoms. The number of terminal acetylenes is 1. The fourth-order valence-corrected chi connectivity index (χ4v) is 1.51. The van der Waals surface area contributed by atoms with Gasteiger partial charge in [-0.2, -0.15) is 0 Å². The van der Waals surface area contributed by atoms with Gasteiger partial charge in [0.25, 0.3) is 5.91 Å². The number of anilines is 1. The number of aromatic amines is 1. The fourth-order valence-electron chi connectivity index (χ4n) is 1.01. The smallest absolute Gasteiger partial charge is 0.267 e. The van der Waals surface area contributed by atoms with Gasteiger partial charge in [-0.15, -0.1) is 18.2 Å². The number of amides is 1. The van der Waals surface area contributed by atoms with Gasteiger partial charge in [0.2, 0.25) is 0 Å². The molecule has 0 unspecified atom stereocenters. The van der Waals surface area contributed by atoms with E-state index in [2.05, 4.69) is 16.2 Å². The maximum Gasteiger partial charge on any atom is 0.267 e. The van der Waals surface area contributed by atoms with Crippen LogP contribution in [0, 0.1) is 12.3 Å². The lowest BCUT2D eigenvalue weighted by molar-refractivity contribution is 0.0952. The lowest BCUT2D eigenvalue weighted by Gasteiger charge is -2.01. The molecule has 1 heterocycles. The van der Waals surface area contributed by atoms with E-state index in [-0.39, 0.29) is 5.91 Å². The monoisotopic (exact) mass is 223 g/mol. The maximum absolute atomic E-state index is 11.4. The maximum atomic E-state index is 11.4. The highest BCUT2D eigenvalue weighted by molar-refractivity contribution is 7.99. The number of carbonyl (C=O) groups excluding carboxylic acids is 1. The number of hydrogen-bond donors (Lipinski definition) is 3. The van der Waals surface area contributed by atoms with Crippen LogP contribution in [-0.2, 0) is 0 Å². The van der Waals surface area contributed by atoms with Crippen LogP contribution in [0.1, 0.15) is 10.5 Å². The molecule has 1 aromatic rings. The lowest BCUT2D eigenvalue weighted by Crippen LogP contribution is -2.26. The molecular formula is C10H13N3OS. The van der Waals surface area contributed by atoms with Gasteiger partial charge in [0, 0.05) is 24.2 Å². The Kier molecular flexibility index (Phi) is 4.64. The highest BCUT2D eigenvalue weighted by atomic mass is 32.2. The molecule has 80 valence electrons. The van der Waals surface area contributed by atoms with Gasteiger partial charge in [0.05, 0.1) is 5.75 Å². The Labute approximate surface area is 93.0 Å². The van der Waals surface area contributed by atoms with Crippen LogP contribution in [0.25, 0.3) is 0 Å². The summed E-state index contributed by atoms with van der Waals surface area (Å²) in [5.74, 6) is 3.86. The van der Waals surface area contributed by atoms with E-state index < -0.39 is 0 Å². The van der Waals surface area contributed by atoms with Gasteiger partial charge in [-0.1, -0.05) is 5.92 Å². The van der Waals surface area contributed by atoms with Crippen LogP contribution in [0.15, 0.2) is 12.3 Å². The number of hydrogen-bond acceptors (Lipinski definition) is 3. The lowest BCUT2D eigenvalue weighted by atomic mass is 10.4. The average molecular weight is 223 g/mol. The summed E-state index contributed by atoms with van der Waals surface area (Å²) in [5, 5.41) is 2.76. The Bertz CT molecular complexity index is 367. The van der Waals surface area contributed by atoms with E-state index in [4.69, 9.17) is 12.2 Å². The summed E-state index contributed by atoms with van der Waals surface area (Å²) in [6.45, 7) is 0.601. The van der Waals surface area contributed by atoms with Crippen molar-refractivity contribution in [1.82, 2.24) is 10.3 Å². The van der Waals surface area contributed by atoms with Crippen LogP contribution in [-0.4, -0.2) is 28.9 Å². The molecule has 0 radical (unpaired) electrons. The van der Waals surface area contributed by atoms with Crippen molar-refractivity contribution in [1.29, 1.82) is 0 Å². The standard InChI is InChI=1S/C10H13N3OS/c1-2-4-15-5-3-12-10(14)9-6-8(11)7-13-9/h1,6-7,13H,3-5,11H2,(H,12,14). The van der Waals surface area contributed by atoms with E-state index in [1.54, 1.807) is 24.0 Å². The molecule has 1 aromatic heterocycles. The minimum absolute atomic E-state index is 0.145. The van der Waals surface area contributed by atoms with E-state index in [0.717, 1.165) is 5.75 Å². The summed E-state index contributed by atoms with van der Waals surface area (Å²) in [6, 6.07) is 1.60. The van der Waals surface area contributed by atoms with Crippen LogP contribution in [0.2, 0.25) is 0 Å². The summed E-state index contributed by atoms with van der Waals surface area (Å²) < 4.78 is 0. The molecule has 0 saturated heterocycles. The number of rotatable bonds is 5. The normalized spacial score (nSPS) is 9.53. The molecule has 0 spiro atoms. The number of nitrogen functional groups attached to an aromatic ring is 1. The van der Waals surface area contributed by atoms with Crippen molar-refractivity contribution in [2.75, 3.05) is 23.8 Å². The van der Waals surface area contributed by atoms with Crippen LogP contribution < -0.4 is 11.1 Å². The number of carbonyl (C=O) groups is 1. The molecule has 0 saturated carbocycles. The largest absolute Gasteiger partial charge is 0.397 e. The Hall–Kier alpha value is -1.54. The first kappa shape index (κ1) is 11.5. The molecule has 4 N–H and O–H groups in total. The van der Waals surface area contributed by atoms with E-state index in [1.807, 2.05) is 0 Å². The van der Waals surface area contributed by atoms with Gasteiger partial charge in [-0.05, 0) is 6.07 Å². The Balaban J connectivity index is 2.23. The van der Waals surface area contributed by atoms with Crippen LogP contribution >= 0.6 is 11.8 Å². The third-order valence-corrected chi connectivity index (χ3v) is 2.53. The summed E-state index contributed by atoms with van der Waals surface area (Å²) in [4.78, 5) is 14.2. The summed E-state index contributed by atoms with van der Waals surface area (Å²) in [5.41, 5.74) is 6.51. The molecule has 5 heteroatoms. The highest BCUT2D eigenvalue weighted by Gasteiger charge is 2.05. The molecule has 0 aromatic carbocycles. The van der Waals surface area contributed by atoms with Gasteiger partial charge in [0.15, 0.2) is 0 Å². The number of H-pyrrole nitrogens is 1. The van der Waals surface area contributed by atoms with Crippen molar-refractivity contribution in [2.24, 2.45) is 0 Å². The summed E-state index contributed by atoms with van der Waals surface area (Å²) in [7, 11) is 0. The Morgan fingerprint density at radius 3 is 3.13 bits per heavy atom. The third-order valence-electron chi connectivity index (χ3n) is 1.67. The number of nitrogens with two attached hydrogens (primary N) is 1. The molecule has 0 atom stereocenters. The zero-order chi connectivity index (χ0) is 11.1. The molecule has 0 fully saturated rings. The Morgan fingerprint density at radius 1 is 1.73 bits per heavy atom. The second-order valence-electron chi connectivity index (χ2n) is 2.86. The highest BCUT2D eigenvalue weighted by Crippen LogP contribution is 2.04. The SMILES string of the molecule is C#CCSCCNC(=O)c1cc(N)c[nH]1. The van der Waals surface area contributed by atoms with Crippen molar-refractivity contribution in [3.05, 3.63) is 18.0 Å². The third kappa shape index (κ3) is 4.00. The van der Waals surface area contributed by atoms with Gasteiger partial charge in [0.1, 0.15) is 5.69 Å². The van der Waals surface area contributed by atoms with Gasteiger partial charge >= 0.3 is 0 Å². The Morgan fingerprint density at radius 2 is 2.53 bits per heavy atom. The quantitative estimate of drug-likeness (QED) is 0.508. The van der Waals surface area contributed by atoms with Crippen LogP contribution in [0.4, 0.5) is 5.69 Å². The first-order valence-corrected chi connectivity index (χ1v) is 5.63. The van der Waals surface area contributed by atoms with Crippen molar-refractivity contribution in [3.63, 3.8) is 0 Å². The van der Waals surface area contributed by atoms with Crippen LogP contribution in [0.5, 0.6) is 0 Å². The van der Waals surface area contributed by atoms with E-state index in [9.17, 15) is 4.79 Å². The first-order valence-electron chi connectivity index (χ1n) is 4.47. The topological polar surface area (TPSA) is 70.9 Å². The van der Waals surface area contributed by atoms with E-state index >= 15 is 0 Å². The predicted molar refractivity (Wildman–Crippen MR) is 63.7 cm³/mol. The van der Waals surface area contributed by atoms with Crippen molar-refractivity contribution in [2.45, 2.75) is 0 Å². The molecule has 1 rings (SSSR count). The second-order valence-corrected chi connectivity index (χ2v) is 3.96. The van der Waals surface area contributed by atoms with Crippen molar-refractivity contribution in [3.8, 4) is 12.3 Å². The minimum Gasteiger partial charge on any atom is -0.397 e. The van der Waals surface area contributed by atoms with E-state index in [1.165, 1.54) is 0 Å². The van der Waals surface area contributed by atoms with Gasteiger partial charge in [-0.3, -0.25) is 4.79 Å². The number of nitrogens with one attached hydrogen (secondary N) is 2. The van der Waals surface area contributed by atoms with Gasteiger partial charge in [-0.25, -0.2) is 0 Å². The average Bonchev–Trinajstić information content (AvgIpc) is 2.64. The number of aromatic nitrogens is 1. The second kappa shape index (κ2) is 6.04. The van der Waals surface area contributed by atoms with Crippen molar-refractivity contribution < 1.29 is 4.79 Å². The van der Waals surface area contributed by atoms with Crippen molar-refractivity contribution >= 4 is 23.4 Å². The van der Waals surface area contributed by atoms with E-state index in [0.29, 0.717) is 23.7 Å². The zero-order valence-electron chi connectivity index (χ0n) is 8.25. The molecule has 0 bridgehead atoms. The predicted octanol–water partition coefficient (Wildman–Crippen LogP) is 0.693. The zero-order valence-corrected chi connectivity index (χ0v) is 9.06.